The van der Waals surface area contributed by atoms with Gasteiger partial charge in [-0.2, -0.15) is 0 Å². The fourth-order valence-corrected chi connectivity index (χ4v) is 4.11. The molecule has 32 heavy (non-hydrogen) atoms. The van der Waals surface area contributed by atoms with Gasteiger partial charge in [-0.3, -0.25) is 14.3 Å². The van der Waals surface area contributed by atoms with E-state index in [9.17, 15) is 22.4 Å². The standard InChI is InChI=1S/C23H22FN3O4S/c1-15-20(23(29)25-2)4-3-5-21(15)26-22(28)14-16-6-10-18(11-7-16)27-32(30,31)19-12-8-17(24)9-13-19/h3-13,27H,14H2,1-2H3,(H,25,29)(H,26,28). The van der Waals surface area contributed by atoms with Crippen molar-refractivity contribution in [3.8, 4) is 0 Å². The molecule has 0 saturated carbocycles. The first-order valence-electron chi connectivity index (χ1n) is 9.68. The summed E-state index contributed by atoms with van der Waals surface area (Å²) in [5.74, 6) is -1.04. The second kappa shape index (κ2) is 9.61. The largest absolute Gasteiger partial charge is 0.355 e. The van der Waals surface area contributed by atoms with Crippen LogP contribution in [0.2, 0.25) is 0 Å². The molecule has 2 amide bonds. The Labute approximate surface area is 185 Å². The fraction of sp³-hybridized carbons (Fsp3) is 0.130. The third-order valence-corrected chi connectivity index (χ3v) is 6.17. The van der Waals surface area contributed by atoms with Crippen molar-refractivity contribution < 1.29 is 22.4 Å². The molecule has 3 rings (SSSR count). The van der Waals surface area contributed by atoms with Gasteiger partial charge >= 0.3 is 0 Å². The highest BCUT2D eigenvalue weighted by Gasteiger charge is 2.15. The summed E-state index contributed by atoms with van der Waals surface area (Å²) >= 11 is 0. The van der Waals surface area contributed by atoms with Crippen molar-refractivity contribution in [1.29, 1.82) is 0 Å². The third kappa shape index (κ3) is 5.50. The smallest absolute Gasteiger partial charge is 0.261 e. The Bertz CT molecular complexity index is 1240. The van der Waals surface area contributed by atoms with Crippen LogP contribution >= 0.6 is 0 Å². The van der Waals surface area contributed by atoms with Crippen LogP contribution in [0.1, 0.15) is 21.5 Å². The van der Waals surface area contributed by atoms with E-state index >= 15 is 0 Å². The lowest BCUT2D eigenvalue weighted by Gasteiger charge is -2.12. The second-order valence-corrected chi connectivity index (χ2v) is 8.72. The summed E-state index contributed by atoms with van der Waals surface area (Å²) in [6.45, 7) is 1.75. The van der Waals surface area contributed by atoms with Crippen LogP contribution < -0.4 is 15.4 Å². The molecule has 0 aliphatic rings. The minimum absolute atomic E-state index is 0.0586. The lowest BCUT2D eigenvalue weighted by Crippen LogP contribution is -2.20. The van der Waals surface area contributed by atoms with E-state index in [2.05, 4.69) is 15.4 Å². The summed E-state index contributed by atoms with van der Waals surface area (Å²) in [5, 5.41) is 5.36. The van der Waals surface area contributed by atoms with Crippen molar-refractivity contribution in [2.45, 2.75) is 18.2 Å². The Morgan fingerprint density at radius 2 is 1.59 bits per heavy atom. The third-order valence-electron chi connectivity index (χ3n) is 4.77. The number of carbonyl (C=O) groups is 2. The number of sulfonamides is 1. The Balaban J connectivity index is 1.65. The summed E-state index contributed by atoms with van der Waals surface area (Å²) in [6, 6.07) is 15.9. The normalized spacial score (nSPS) is 11.0. The van der Waals surface area contributed by atoms with Crippen LogP contribution in [-0.4, -0.2) is 27.3 Å². The zero-order valence-corrected chi connectivity index (χ0v) is 18.3. The van der Waals surface area contributed by atoms with E-state index in [4.69, 9.17) is 0 Å². The fourth-order valence-electron chi connectivity index (χ4n) is 3.05. The number of halogens is 1. The quantitative estimate of drug-likeness (QED) is 0.507. The molecule has 0 aliphatic carbocycles. The number of anilines is 2. The number of amides is 2. The Morgan fingerprint density at radius 3 is 2.22 bits per heavy atom. The molecular formula is C23H22FN3O4S. The van der Waals surface area contributed by atoms with Gasteiger partial charge in [0.05, 0.1) is 11.3 Å². The maximum atomic E-state index is 13.0. The molecule has 0 heterocycles. The van der Waals surface area contributed by atoms with Gasteiger partial charge in [0.2, 0.25) is 5.91 Å². The van der Waals surface area contributed by atoms with Crippen LogP contribution in [0.4, 0.5) is 15.8 Å². The first-order valence-corrected chi connectivity index (χ1v) is 11.2. The van der Waals surface area contributed by atoms with Crippen molar-refractivity contribution in [3.63, 3.8) is 0 Å². The van der Waals surface area contributed by atoms with Gasteiger partial charge in [0.25, 0.3) is 15.9 Å². The predicted molar refractivity (Wildman–Crippen MR) is 121 cm³/mol. The molecule has 7 nitrogen and oxygen atoms in total. The van der Waals surface area contributed by atoms with Gasteiger partial charge < -0.3 is 10.6 Å². The van der Waals surface area contributed by atoms with Crippen LogP contribution in [0.5, 0.6) is 0 Å². The van der Waals surface area contributed by atoms with Gasteiger partial charge in [-0.15, -0.1) is 0 Å². The molecule has 0 unspecified atom stereocenters. The van der Waals surface area contributed by atoms with E-state index in [1.54, 1.807) is 49.4 Å². The summed E-state index contributed by atoms with van der Waals surface area (Å²) in [4.78, 5) is 24.3. The zero-order chi connectivity index (χ0) is 23.3. The molecule has 0 aromatic heterocycles. The summed E-state index contributed by atoms with van der Waals surface area (Å²) in [7, 11) is -2.32. The molecule has 0 spiro atoms. The highest BCUT2D eigenvalue weighted by atomic mass is 32.2. The molecule has 166 valence electrons. The number of rotatable bonds is 7. The van der Waals surface area contributed by atoms with Crippen molar-refractivity contribution in [3.05, 3.63) is 89.2 Å². The van der Waals surface area contributed by atoms with Crippen LogP contribution in [-0.2, 0) is 21.2 Å². The van der Waals surface area contributed by atoms with Gasteiger partial charge in [-0.25, -0.2) is 12.8 Å². The number of hydrogen-bond donors (Lipinski definition) is 3. The highest BCUT2D eigenvalue weighted by molar-refractivity contribution is 7.92. The zero-order valence-electron chi connectivity index (χ0n) is 17.5. The van der Waals surface area contributed by atoms with E-state index in [-0.39, 0.29) is 23.1 Å². The molecule has 0 fully saturated rings. The van der Waals surface area contributed by atoms with Gasteiger partial charge in [0, 0.05) is 24.0 Å². The van der Waals surface area contributed by atoms with Gasteiger partial charge in [-0.05, 0) is 66.6 Å². The molecule has 0 aliphatic heterocycles. The molecule has 9 heteroatoms. The van der Waals surface area contributed by atoms with E-state index in [0.717, 1.165) is 12.1 Å². The van der Waals surface area contributed by atoms with E-state index in [1.807, 2.05) is 0 Å². The number of benzene rings is 3. The number of nitrogens with one attached hydrogen (secondary N) is 3. The lowest BCUT2D eigenvalue weighted by atomic mass is 10.1. The van der Waals surface area contributed by atoms with E-state index in [0.29, 0.717) is 28.1 Å². The molecule has 0 atom stereocenters. The van der Waals surface area contributed by atoms with Crippen molar-refractivity contribution in [2.75, 3.05) is 17.1 Å². The van der Waals surface area contributed by atoms with Crippen molar-refractivity contribution >= 4 is 33.2 Å². The molecule has 0 saturated heterocycles. The predicted octanol–water partition coefficient (Wildman–Crippen LogP) is 3.48. The molecule has 0 radical (unpaired) electrons. The minimum Gasteiger partial charge on any atom is -0.355 e. The molecule has 0 bridgehead atoms. The van der Waals surface area contributed by atoms with Gasteiger partial charge in [0.1, 0.15) is 5.82 Å². The first kappa shape index (κ1) is 23.0. The van der Waals surface area contributed by atoms with Crippen molar-refractivity contribution in [2.24, 2.45) is 0 Å². The van der Waals surface area contributed by atoms with Crippen LogP contribution in [0.15, 0.2) is 71.6 Å². The monoisotopic (exact) mass is 455 g/mol. The SMILES string of the molecule is CNC(=O)c1cccc(NC(=O)Cc2ccc(NS(=O)(=O)c3ccc(F)cc3)cc2)c1C. The summed E-state index contributed by atoms with van der Waals surface area (Å²) in [5.41, 5.74) is 2.66. The van der Waals surface area contributed by atoms with Gasteiger partial charge in [0.15, 0.2) is 0 Å². The molecule has 3 aromatic rings. The highest BCUT2D eigenvalue weighted by Crippen LogP contribution is 2.20. The number of carbonyl (C=O) groups excluding carboxylic acids is 2. The molecule has 3 aromatic carbocycles. The lowest BCUT2D eigenvalue weighted by molar-refractivity contribution is -0.115. The average molecular weight is 456 g/mol. The Morgan fingerprint density at radius 1 is 0.938 bits per heavy atom. The Kier molecular flexibility index (Phi) is 6.89. The summed E-state index contributed by atoms with van der Waals surface area (Å²) in [6.07, 6.45) is 0.0641. The summed E-state index contributed by atoms with van der Waals surface area (Å²) < 4.78 is 40.2. The topological polar surface area (TPSA) is 104 Å². The number of hydrogen-bond acceptors (Lipinski definition) is 4. The second-order valence-electron chi connectivity index (χ2n) is 7.04. The van der Waals surface area contributed by atoms with E-state index < -0.39 is 15.8 Å². The average Bonchev–Trinajstić information content (AvgIpc) is 2.76. The maximum Gasteiger partial charge on any atom is 0.261 e. The van der Waals surface area contributed by atoms with Crippen LogP contribution in [0.3, 0.4) is 0 Å². The van der Waals surface area contributed by atoms with Gasteiger partial charge in [-0.1, -0.05) is 18.2 Å². The first-order chi connectivity index (χ1) is 15.2. The minimum atomic E-state index is -3.85. The molecule has 3 N–H and O–H groups in total. The Hall–Kier alpha value is -3.72. The molecular weight excluding hydrogens is 433 g/mol. The maximum absolute atomic E-state index is 13.0. The van der Waals surface area contributed by atoms with E-state index in [1.165, 1.54) is 19.2 Å². The van der Waals surface area contributed by atoms with Crippen molar-refractivity contribution in [1.82, 2.24) is 5.32 Å². The van der Waals surface area contributed by atoms with Crippen LogP contribution in [0.25, 0.3) is 0 Å². The van der Waals surface area contributed by atoms with Crippen LogP contribution in [0, 0.1) is 12.7 Å².